The van der Waals surface area contributed by atoms with E-state index in [1.807, 2.05) is 6.92 Å². The third kappa shape index (κ3) is 8.02. The Bertz CT molecular complexity index is 1230. The summed E-state index contributed by atoms with van der Waals surface area (Å²) >= 11 is 0. The van der Waals surface area contributed by atoms with Crippen LogP contribution < -0.4 is 5.32 Å². The van der Waals surface area contributed by atoms with Crippen molar-refractivity contribution in [1.82, 2.24) is 0 Å². The van der Waals surface area contributed by atoms with Crippen LogP contribution in [0, 0.1) is 6.92 Å². The Morgan fingerprint density at radius 1 is 0.639 bits per heavy atom. The van der Waals surface area contributed by atoms with Gasteiger partial charge in [0.25, 0.3) is 0 Å². The van der Waals surface area contributed by atoms with Crippen molar-refractivity contribution in [1.29, 1.82) is 0 Å². The second-order valence-electron chi connectivity index (χ2n) is 7.94. The maximum absolute atomic E-state index is 12.2. The fourth-order valence-electron chi connectivity index (χ4n) is 3.09. The standard InChI is InChI=1S/C28H25NO7/c1-19-7-9-21(10-8-19)24(30)17-35-27(33)16-15-26(32)29-23-13-11-22(12-14-23)28(34)36-18-25(31)20-5-3-2-4-6-20/h2-14H,15-18H2,1H3,(H,29,32). The Morgan fingerprint density at radius 3 is 1.83 bits per heavy atom. The average molecular weight is 488 g/mol. The molecule has 0 unspecified atom stereocenters. The Kier molecular flexibility index (Phi) is 9.22. The van der Waals surface area contributed by atoms with Gasteiger partial charge in [0.1, 0.15) is 0 Å². The number of ether oxygens (including phenoxy) is 2. The molecule has 0 bridgehead atoms. The summed E-state index contributed by atoms with van der Waals surface area (Å²) in [5, 5.41) is 2.61. The molecule has 0 heterocycles. The number of carbonyl (C=O) groups excluding carboxylic acids is 5. The van der Waals surface area contributed by atoms with Crippen LogP contribution in [0.2, 0.25) is 0 Å². The van der Waals surface area contributed by atoms with Crippen molar-refractivity contribution in [2.45, 2.75) is 19.8 Å². The lowest BCUT2D eigenvalue weighted by atomic mass is 10.1. The quantitative estimate of drug-likeness (QED) is 0.319. The molecule has 8 heteroatoms. The van der Waals surface area contributed by atoms with Crippen molar-refractivity contribution in [3.63, 3.8) is 0 Å². The first kappa shape index (κ1) is 26.0. The average Bonchev–Trinajstić information content (AvgIpc) is 2.90. The molecule has 0 aliphatic heterocycles. The summed E-state index contributed by atoms with van der Waals surface area (Å²) in [4.78, 5) is 60.3. The van der Waals surface area contributed by atoms with E-state index in [0.717, 1.165) is 5.56 Å². The number of esters is 2. The molecule has 0 saturated heterocycles. The summed E-state index contributed by atoms with van der Waals surface area (Å²) in [6, 6.07) is 21.3. The van der Waals surface area contributed by atoms with E-state index in [9.17, 15) is 24.0 Å². The van der Waals surface area contributed by atoms with Crippen LogP contribution in [-0.4, -0.2) is 42.6 Å². The van der Waals surface area contributed by atoms with Gasteiger partial charge in [0.2, 0.25) is 5.91 Å². The maximum Gasteiger partial charge on any atom is 0.338 e. The van der Waals surface area contributed by atoms with Crippen molar-refractivity contribution < 1.29 is 33.4 Å². The largest absolute Gasteiger partial charge is 0.457 e. The Hall–Kier alpha value is -4.59. The van der Waals surface area contributed by atoms with Crippen molar-refractivity contribution in [3.05, 3.63) is 101 Å². The fraction of sp³-hybridized carbons (Fsp3) is 0.179. The van der Waals surface area contributed by atoms with Crippen molar-refractivity contribution in [2.24, 2.45) is 0 Å². The van der Waals surface area contributed by atoms with Crippen LogP contribution in [0.5, 0.6) is 0 Å². The molecule has 3 aromatic carbocycles. The molecule has 0 aliphatic rings. The Labute approximate surface area is 208 Å². The molecule has 0 spiro atoms. The van der Waals surface area contributed by atoms with Gasteiger partial charge in [-0.05, 0) is 31.2 Å². The van der Waals surface area contributed by atoms with Crippen LogP contribution in [0.25, 0.3) is 0 Å². The molecule has 0 saturated carbocycles. The number of carbonyl (C=O) groups is 5. The number of hydrogen-bond donors (Lipinski definition) is 1. The van der Waals surface area contributed by atoms with Gasteiger partial charge in [-0.3, -0.25) is 19.2 Å². The molecule has 0 atom stereocenters. The van der Waals surface area contributed by atoms with Gasteiger partial charge in [-0.1, -0.05) is 60.2 Å². The zero-order valence-electron chi connectivity index (χ0n) is 19.7. The highest BCUT2D eigenvalue weighted by Crippen LogP contribution is 2.12. The van der Waals surface area contributed by atoms with Crippen LogP contribution in [0.15, 0.2) is 78.9 Å². The topological polar surface area (TPSA) is 116 Å². The maximum atomic E-state index is 12.2. The zero-order valence-corrected chi connectivity index (χ0v) is 19.7. The van der Waals surface area contributed by atoms with Gasteiger partial charge in [0.05, 0.1) is 12.0 Å². The number of nitrogens with one attached hydrogen (secondary N) is 1. The number of Topliss-reactive ketones (excluding diaryl/α,β-unsaturated/α-hetero) is 2. The van der Waals surface area contributed by atoms with E-state index >= 15 is 0 Å². The number of amides is 1. The van der Waals surface area contributed by atoms with E-state index in [4.69, 9.17) is 9.47 Å². The normalized spacial score (nSPS) is 10.2. The van der Waals surface area contributed by atoms with Gasteiger partial charge in [0.15, 0.2) is 24.8 Å². The van der Waals surface area contributed by atoms with Gasteiger partial charge < -0.3 is 14.8 Å². The molecule has 36 heavy (non-hydrogen) atoms. The molecule has 0 aliphatic carbocycles. The Balaban J connectivity index is 1.38. The van der Waals surface area contributed by atoms with E-state index in [2.05, 4.69) is 5.32 Å². The van der Waals surface area contributed by atoms with Crippen LogP contribution in [-0.2, 0) is 19.1 Å². The Morgan fingerprint density at radius 2 is 1.19 bits per heavy atom. The van der Waals surface area contributed by atoms with Crippen molar-refractivity contribution in [3.8, 4) is 0 Å². The minimum Gasteiger partial charge on any atom is -0.457 e. The zero-order chi connectivity index (χ0) is 25.9. The second-order valence-corrected chi connectivity index (χ2v) is 7.94. The van der Waals surface area contributed by atoms with Gasteiger partial charge >= 0.3 is 11.9 Å². The van der Waals surface area contributed by atoms with Crippen LogP contribution in [0.1, 0.15) is 49.5 Å². The highest BCUT2D eigenvalue weighted by atomic mass is 16.5. The lowest BCUT2D eigenvalue weighted by molar-refractivity contribution is -0.143. The predicted octanol–water partition coefficient (Wildman–Crippen LogP) is 4.18. The fourth-order valence-corrected chi connectivity index (χ4v) is 3.09. The van der Waals surface area contributed by atoms with E-state index in [1.165, 1.54) is 24.3 Å². The van der Waals surface area contributed by atoms with E-state index in [0.29, 0.717) is 16.8 Å². The summed E-state index contributed by atoms with van der Waals surface area (Å²) in [5.41, 5.74) is 2.54. The molecule has 3 aromatic rings. The first-order chi connectivity index (χ1) is 17.3. The lowest BCUT2D eigenvalue weighted by Crippen LogP contribution is -2.17. The molecular weight excluding hydrogens is 462 g/mol. The molecule has 8 nitrogen and oxygen atoms in total. The van der Waals surface area contributed by atoms with E-state index in [-0.39, 0.29) is 36.6 Å². The summed E-state index contributed by atoms with van der Waals surface area (Å²) < 4.78 is 10.0. The van der Waals surface area contributed by atoms with Crippen molar-refractivity contribution >= 4 is 35.1 Å². The molecule has 0 radical (unpaired) electrons. The van der Waals surface area contributed by atoms with E-state index in [1.54, 1.807) is 54.6 Å². The summed E-state index contributed by atoms with van der Waals surface area (Å²) in [7, 11) is 0. The van der Waals surface area contributed by atoms with Crippen molar-refractivity contribution in [2.75, 3.05) is 18.5 Å². The first-order valence-corrected chi connectivity index (χ1v) is 11.2. The van der Waals surface area contributed by atoms with Gasteiger partial charge in [-0.25, -0.2) is 4.79 Å². The second kappa shape index (κ2) is 12.8. The number of ketones is 2. The number of aryl methyl sites for hydroxylation is 1. The van der Waals surface area contributed by atoms with Gasteiger partial charge in [-0.2, -0.15) is 0 Å². The van der Waals surface area contributed by atoms with E-state index < -0.39 is 24.5 Å². The van der Waals surface area contributed by atoms with Gasteiger partial charge in [0, 0.05) is 23.2 Å². The van der Waals surface area contributed by atoms with Crippen LogP contribution in [0.3, 0.4) is 0 Å². The summed E-state index contributed by atoms with van der Waals surface area (Å²) in [6.07, 6.45) is -0.324. The molecule has 0 fully saturated rings. The smallest absolute Gasteiger partial charge is 0.338 e. The third-order valence-electron chi connectivity index (χ3n) is 5.13. The monoisotopic (exact) mass is 487 g/mol. The third-order valence-corrected chi connectivity index (χ3v) is 5.13. The summed E-state index contributed by atoms with van der Waals surface area (Å²) in [6.45, 7) is 1.13. The minimum absolute atomic E-state index is 0.136. The highest BCUT2D eigenvalue weighted by molar-refractivity contribution is 6.00. The molecule has 1 amide bonds. The molecule has 1 N–H and O–H groups in total. The number of rotatable bonds is 11. The van der Waals surface area contributed by atoms with Crippen LogP contribution in [0.4, 0.5) is 5.69 Å². The van der Waals surface area contributed by atoms with Crippen LogP contribution >= 0.6 is 0 Å². The predicted molar refractivity (Wildman–Crippen MR) is 132 cm³/mol. The number of anilines is 1. The first-order valence-electron chi connectivity index (χ1n) is 11.2. The summed E-state index contributed by atoms with van der Waals surface area (Å²) in [5.74, 6) is -2.39. The molecule has 0 aromatic heterocycles. The molecule has 3 rings (SSSR count). The highest BCUT2D eigenvalue weighted by Gasteiger charge is 2.14. The molecular formula is C28H25NO7. The SMILES string of the molecule is Cc1ccc(C(=O)COC(=O)CCC(=O)Nc2ccc(C(=O)OCC(=O)c3ccccc3)cc2)cc1. The number of benzene rings is 3. The van der Waals surface area contributed by atoms with Gasteiger partial charge in [-0.15, -0.1) is 0 Å². The number of hydrogen-bond acceptors (Lipinski definition) is 7. The molecule has 184 valence electrons. The minimum atomic E-state index is -0.667. The lowest BCUT2D eigenvalue weighted by Gasteiger charge is -2.08.